The summed E-state index contributed by atoms with van der Waals surface area (Å²) in [6.45, 7) is 0. The molecule has 17 heavy (non-hydrogen) atoms. The van der Waals surface area contributed by atoms with Crippen LogP contribution in [0.2, 0.25) is 0 Å². The van der Waals surface area contributed by atoms with E-state index in [-0.39, 0.29) is 0 Å². The van der Waals surface area contributed by atoms with Crippen molar-refractivity contribution in [3.63, 3.8) is 0 Å². The fraction of sp³-hybridized carbons (Fsp3) is 0.222. The summed E-state index contributed by atoms with van der Waals surface area (Å²) in [4.78, 5) is 10.4. The molecule has 0 saturated carbocycles. The molecule has 0 saturated heterocycles. The van der Waals surface area contributed by atoms with Crippen LogP contribution in [-0.2, 0) is 11.0 Å². The third kappa shape index (κ3) is 3.65. The molecule has 0 atom stereocenters. The van der Waals surface area contributed by atoms with Crippen LogP contribution in [0.25, 0.3) is 0 Å². The second-order valence-electron chi connectivity index (χ2n) is 2.91. The Bertz CT molecular complexity index is 420. The van der Waals surface area contributed by atoms with E-state index in [1.807, 2.05) is 0 Å². The summed E-state index contributed by atoms with van der Waals surface area (Å²) in [5.41, 5.74) is -1.20. The van der Waals surface area contributed by atoms with E-state index in [1.54, 1.807) is 0 Å². The zero-order chi connectivity index (χ0) is 13.3. The van der Waals surface area contributed by atoms with E-state index >= 15 is 0 Å². The van der Waals surface area contributed by atoms with Gasteiger partial charge in [-0.15, -0.1) is 0 Å². The predicted molar refractivity (Wildman–Crippen MR) is 43.1 cm³/mol. The molecule has 2 nitrogen and oxygen atoms in total. The van der Waals surface area contributed by atoms with E-state index in [0.717, 1.165) is 12.1 Å². The number of ether oxygens (including phenoxy) is 1. The molecule has 0 spiro atoms. The molecule has 1 aromatic rings. The van der Waals surface area contributed by atoms with Gasteiger partial charge in [0.2, 0.25) is 0 Å². The first kappa shape index (κ1) is 13.3. The van der Waals surface area contributed by atoms with Gasteiger partial charge in [0.1, 0.15) is 5.75 Å². The average molecular weight is 258 g/mol. The zero-order valence-corrected chi connectivity index (χ0v) is 7.89. The highest BCUT2D eigenvalue weighted by Crippen LogP contribution is 2.31. The van der Waals surface area contributed by atoms with Gasteiger partial charge in [-0.3, -0.25) is 0 Å². The summed E-state index contributed by atoms with van der Waals surface area (Å²) < 4.78 is 75.6. The van der Waals surface area contributed by atoms with Crippen molar-refractivity contribution < 1.29 is 35.9 Å². The van der Waals surface area contributed by atoms with Crippen LogP contribution in [0, 0.1) is 0 Å². The second kappa shape index (κ2) is 4.27. The molecular weight excluding hydrogens is 254 g/mol. The van der Waals surface area contributed by atoms with Crippen LogP contribution in [0.1, 0.15) is 5.56 Å². The fourth-order valence-electron chi connectivity index (χ4n) is 0.901. The van der Waals surface area contributed by atoms with E-state index in [1.165, 1.54) is 0 Å². The van der Waals surface area contributed by atoms with E-state index in [4.69, 9.17) is 0 Å². The van der Waals surface area contributed by atoms with E-state index in [2.05, 4.69) is 4.74 Å². The third-order valence-corrected chi connectivity index (χ3v) is 1.60. The molecule has 0 unspecified atom stereocenters. The quantitative estimate of drug-likeness (QED) is 0.439. The van der Waals surface area contributed by atoms with Crippen LogP contribution >= 0.6 is 0 Å². The molecule has 0 aromatic heterocycles. The summed E-state index contributed by atoms with van der Waals surface area (Å²) >= 11 is 0. The van der Waals surface area contributed by atoms with Gasteiger partial charge < -0.3 is 4.74 Å². The lowest BCUT2D eigenvalue weighted by molar-refractivity contribution is -0.189. The number of alkyl halides is 6. The predicted octanol–water partition coefficient (Wildman–Crippen LogP) is 3.17. The number of halogens is 6. The van der Waals surface area contributed by atoms with Gasteiger partial charge in [0.05, 0.1) is 5.56 Å². The first-order valence-electron chi connectivity index (χ1n) is 4.07. The molecule has 1 aromatic carbocycles. The lowest BCUT2D eigenvalue weighted by Crippen LogP contribution is -2.28. The third-order valence-electron chi connectivity index (χ3n) is 1.60. The smallest absolute Gasteiger partial charge is 0.420 e. The number of esters is 1. The van der Waals surface area contributed by atoms with Crippen molar-refractivity contribution in [3.05, 3.63) is 29.8 Å². The average Bonchev–Trinajstić information content (AvgIpc) is 2.15. The van der Waals surface area contributed by atoms with Crippen molar-refractivity contribution in [3.8, 4) is 5.75 Å². The van der Waals surface area contributed by atoms with E-state index in [9.17, 15) is 31.1 Å². The van der Waals surface area contributed by atoms with Crippen molar-refractivity contribution in [2.75, 3.05) is 0 Å². The number of rotatable bonds is 1. The van der Waals surface area contributed by atoms with Crippen LogP contribution in [0.3, 0.4) is 0 Å². The first-order valence-corrected chi connectivity index (χ1v) is 4.07. The minimum atomic E-state index is -5.26. The number of carbonyl (C=O) groups excluding carboxylic acids is 1. The summed E-state index contributed by atoms with van der Waals surface area (Å²) in [7, 11) is 0. The molecule has 0 fully saturated rings. The van der Waals surface area contributed by atoms with Crippen molar-refractivity contribution >= 4 is 5.97 Å². The number of benzene rings is 1. The Balaban J connectivity index is 2.91. The molecule has 0 aliphatic carbocycles. The first-order chi connectivity index (χ1) is 7.60. The lowest BCUT2D eigenvalue weighted by atomic mass is 10.2. The van der Waals surface area contributed by atoms with Crippen LogP contribution in [0.5, 0.6) is 5.75 Å². The summed E-state index contributed by atoms with van der Waals surface area (Å²) in [6, 6.07) is 2.61. The van der Waals surface area contributed by atoms with Crippen molar-refractivity contribution in [1.82, 2.24) is 0 Å². The normalized spacial score (nSPS) is 12.4. The number of carbonyl (C=O) groups is 1. The Morgan fingerprint density at radius 1 is 1.06 bits per heavy atom. The van der Waals surface area contributed by atoms with Crippen LogP contribution in [0.4, 0.5) is 26.3 Å². The molecular formula is C9H4F6O2. The van der Waals surface area contributed by atoms with Gasteiger partial charge in [-0.1, -0.05) is 6.07 Å². The zero-order valence-electron chi connectivity index (χ0n) is 7.89. The van der Waals surface area contributed by atoms with Gasteiger partial charge in [-0.2, -0.15) is 26.3 Å². The standard InChI is InChI=1S/C9H4F6O2/c10-8(11,12)5-2-1-3-6(4-5)17-7(16)9(13,14)15/h1-4H. The summed E-state index contributed by atoms with van der Waals surface area (Å²) in [5, 5.41) is 0. The molecule has 1 rings (SSSR count). The van der Waals surface area contributed by atoms with E-state index in [0.29, 0.717) is 12.1 Å². The molecule has 0 bridgehead atoms. The highest BCUT2D eigenvalue weighted by Gasteiger charge is 2.41. The number of hydrogen-bond donors (Lipinski definition) is 0. The highest BCUT2D eigenvalue weighted by atomic mass is 19.4. The van der Waals surface area contributed by atoms with E-state index < -0.39 is 29.6 Å². The second-order valence-corrected chi connectivity index (χ2v) is 2.91. The molecule has 94 valence electrons. The fourth-order valence-corrected chi connectivity index (χ4v) is 0.901. The Morgan fingerprint density at radius 2 is 1.65 bits per heavy atom. The maximum Gasteiger partial charge on any atom is 0.491 e. The Labute approximate surface area is 90.8 Å². The van der Waals surface area contributed by atoms with Crippen molar-refractivity contribution in [2.24, 2.45) is 0 Å². The molecule has 0 heterocycles. The monoisotopic (exact) mass is 258 g/mol. The van der Waals surface area contributed by atoms with Crippen LogP contribution in [0.15, 0.2) is 24.3 Å². The van der Waals surface area contributed by atoms with Gasteiger partial charge >= 0.3 is 18.3 Å². The lowest BCUT2D eigenvalue weighted by Gasteiger charge is -2.09. The van der Waals surface area contributed by atoms with Crippen molar-refractivity contribution in [1.29, 1.82) is 0 Å². The van der Waals surface area contributed by atoms with Gasteiger partial charge in [-0.25, -0.2) is 4.79 Å². The minimum Gasteiger partial charge on any atom is -0.420 e. The maximum absolute atomic E-state index is 12.2. The molecule has 0 radical (unpaired) electrons. The number of hydrogen-bond acceptors (Lipinski definition) is 2. The Kier molecular flexibility index (Phi) is 3.35. The largest absolute Gasteiger partial charge is 0.491 e. The molecule has 8 heteroatoms. The Hall–Kier alpha value is -1.73. The molecule has 0 aliphatic heterocycles. The van der Waals surface area contributed by atoms with Gasteiger partial charge in [0.15, 0.2) is 0 Å². The molecule has 0 amide bonds. The topological polar surface area (TPSA) is 26.3 Å². The Morgan fingerprint density at radius 3 is 2.12 bits per heavy atom. The molecule has 0 aliphatic rings. The SMILES string of the molecule is O=C(Oc1cccc(C(F)(F)F)c1)C(F)(F)F. The minimum absolute atomic E-state index is 0.309. The van der Waals surface area contributed by atoms with Gasteiger partial charge in [-0.05, 0) is 18.2 Å². The maximum atomic E-state index is 12.2. The highest BCUT2D eigenvalue weighted by molar-refractivity contribution is 5.78. The van der Waals surface area contributed by atoms with Gasteiger partial charge in [0.25, 0.3) is 0 Å². The summed E-state index contributed by atoms with van der Waals surface area (Å²) in [6.07, 6.45) is -9.98. The van der Waals surface area contributed by atoms with Gasteiger partial charge in [0, 0.05) is 0 Å². The molecule has 0 N–H and O–H groups in total. The van der Waals surface area contributed by atoms with Crippen LogP contribution in [-0.4, -0.2) is 12.1 Å². The summed E-state index contributed by atoms with van der Waals surface area (Å²) in [5.74, 6) is -3.39. The van der Waals surface area contributed by atoms with Crippen LogP contribution < -0.4 is 4.74 Å². The van der Waals surface area contributed by atoms with Crippen molar-refractivity contribution in [2.45, 2.75) is 12.4 Å².